The van der Waals surface area contributed by atoms with Gasteiger partial charge in [-0.05, 0) is 16.1 Å². The molecule has 0 bridgehead atoms. The predicted octanol–water partition coefficient (Wildman–Crippen LogP) is 1.78. The van der Waals surface area contributed by atoms with E-state index < -0.39 is 0 Å². The molecule has 0 atom stereocenters. The van der Waals surface area contributed by atoms with Crippen LogP contribution in [0.4, 0.5) is 4.39 Å². The molecule has 0 fully saturated rings. The Morgan fingerprint density at radius 1 is 1.50 bits per heavy atom. The smallest absolute Gasteiger partial charge is 0.278 e. The van der Waals surface area contributed by atoms with Gasteiger partial charge in [0.25, 0.3) is 0 Å². The molecule has 0 aliphatic carbocycles. The minimum absolute atomic E-state index is 0.227. The molecule has 0 radical (unpaired) electrons. The van der Waals surface area contributed by atoms with Crippen molar-refractivity contribution < 1.29 is 4.39 Å². The van der Waals surface area contributed by atoms with Gasteiger partial charge in [-0.3, -0.25) is 4.57 Å². The summed E-state index contributed by atoms with van der Waals surface area (Å²) in [4.78, 5) is 11.9. The Morgan fingerprint density at radius 2 is 2.28 bits per heavy atom. The maximum Gasteiger partial charge on any atom is 0.346 e. The third kappa shape index (κ3) is 2.46. The molecule has 2 aromatic rings. The molecule has 0 saturated carbocycles. The molecule has 2 rings (SSSR count). The van der Waals surface area contributed by atoms with Crippen molar-refractivity contribution in [2.45, 2.75) is 6.54 Å². The zero-order valence-corrected chi connectivity index (χ0v) is 11.7. The normalized spacial score (nSPS) is 9.94. The monoisotopic (exact) mass is 357 g/mol. The largest absolute Gasteiger partial charge is 0.346 e. The molecule has 0 unspecified atom stereocenters. The van der Waals surface area contributed by atoms with Crippen LogP contribution in [0.2, 0.25) is 0 Å². The Balaban J connectivity index is 2.51. The molecule has 1 heterocycles. The van der Waals surface area contributed by atoms with Gasteiger partial charge in [0.1, 0.15) is 12.4 Å². The van der Waals surface area contributed by atoms with E-state index in [1.165, 1.54) is 21.4 Å². The SMILES string of the molecule is Cn1c(-c2cccc(F)c2)nn(CC#CI)c1=O. The van der Waals surface area contributed by atoms with Crippen molar-refractivity contribution in [3.05, 3.63) is 40.6 Å². The molecular formula is C12H9FIN3O. The lowest BCUT2D eigenvalue weighted by atomic mass is 10.2. The second kappa shape index (κ2) is 5.35. The number of aromatic nitrogens is 3. The molecule has 6 heteroatoms. The third-order valence-corrected chi connectivity index (χ3v) is 2.80. The van der Waals surface area contributed by atoms with Crippen LogP contribution in [0.3, 0.4) is 0 Å². The number of halogens is 2. The fourth-order valence-electron chi connectivity index (χ4n) is 1.57. The molecule has 1 aromatic carbocycles. The summed E-state index contributed by atoms with van der Waals surface area (Å²) in [6.45, 7) is 0.227. The van der Waals surface area contributed by atoms with Crippen LogP contribution in [0, 0.1) is 15.7 Å². The summed E-state index contributed by atoms with van der Waals surface area (Å²) in [6.07, 6.45) is 0. The maximum absolute atomic E-state index is 13.1. The van der Waals surface area contributed by atoms with Crippen molar-refractivity contribution in [3.63, 3.8) is 0 Å². The molecule has 0 aliphatic rings. The van der Waals surface area contributed by atoms with Gasteiger partial charge in [-0.1, -0.05) is 18.1 Å². The number of rotatable bonds is 2. The van der Waals surface area contributed by atoms with Crippen LogP contribution >= 0.6 is 22.6 Å². The first kappa shape index (κ1) is 12.8. The summed E-state index contributed by atoms with van der Waals surface area (Å²) in [5, 5.41) is 4.15. The summed E-state index contributed by atoms with van der Waals surface area (Å²) in [5.41, 5.74) is 0.296. The Kier molecular flexibility index (Phi) is 3.81. The van der Waals surface area contributed by atoms with Gasteiger partial charge in [-0.2, -0.15) is 0 Å². The second-order valence-corrected chi connectivity index (χ2v) is 4.14. The molecular weight excluding hydrogens is 348 g/mol. The maximum atomic E-state index is 13.1. The quantitative estimate of drug-likeness (QED) is 0.607. The van der Waals surface area contributed by atoms with Gasteiger partial charge in [0.2, 0.25) is 0 Å². The first-order valence-corrected chi connectivity index (χ1v) is 6.19. The molecule has 0 spiro atoms. The van der Waals surface area contributed by atoms with Crippen molar-refractivity contribution in [1.29, 1.82) is 0 Å². The van der Waals surface area contributed by atoms with E-state index in [0.29, 0.717) is 11.4 Å². The Morgan fingerprint density at radius 3 is 2.94 bits per heavy atom. The highest BCUT2D eigenvalue weighted by Crippen LogP contribution is 2.15. The van der Waals surface area contributed by atoms with Crippen LogP contribution in [0.15, 0.2) is 29.1 Å². The molecule has 0 aliphatic heterocycles. The highest BCUT2D eigenvalue weighted by molar-refractivity contribution is 14.1. The van der Waals surface area contributed by atoms with E-state index in [9.17, 15) is 9.18 Å². The van der Waals surface area contributed by atoms with Crippen molar-refractivity contribution >= 4 is 22.6 Å². The molecule has 18 heavy (non-hydrogen) atoms. The van der Waals surface area contributed by atoms with Gasteiger partial charge in [0, 0.05) is 35.2 Å². The summed E-state index contributed by atoms with van der Waals surface area (Å²) < 4.78 is 18.5. The molecule has 4 nitrogen and oxygen atoms in total. The minimum atomic E-state index is -0.360. The summed E-state index contributed by atoms with van der Waals surface area (Å²) in [5.74, 6) is 2.82. The number of hydrogen-bond donors (Lipinski definition) is 0. The second-order valence-electron chi connectivity index (χ2n) is 3.60. The van der Waals surface area contributed by atoms with E-state index in [-0.39, 0.29) is 18.1 Å². The zero-order chi connectivity index (χ0) is 13.1. The molecule has 0 amide bonds. The fourth-order valence-corrected chi connectivity index (χ4v) is 1.75. The Bertz CT molecular complexity index is 693. The number of benzene rings is 1. The van der Waals surface area contributed by atoms with E-state index in [1.54, 1.807) is 19.2 Å². The lowest BCUT2D eigenvalue weighted by molar-refractivity contribution is 0.628. The van der Waals surface area contributed by atoms with E-state index in [1.807, 2.05) is 22.6 Å². The van der Waals surface area contributed by atoms with E-state index in [0.717, 1.165) is 0 Å². The average molecular weight is 357 g/mol. The first-order chi connectivity index (χ1) is 8.63. The van der Waals surface area contributed by atoms with Gasteiger partial charge in [0.05, 0.1) is 0 Å². The first-order valence-electron chi connectivity index (χ1n) is 5.11. The molecule has 0 saturated heterocycles. The molecule has 1 aromatic heterocycles. The Hall–Kier alpha value is -1.62. The van der Waals surface area contributed by atoms with Crippen molar-refractivity contribution in [2.75, 3.05) is 0 Å². The number of nitrogens with zero attached hydrogens (tertiary/aromatic N) is 3. The lowest BCUT2D eigenvalue weighted by Crippen LogP contribution is -2.22. The van der Waals surface area contributed by atoms with Crippen molar-refractivity contribution in [1.82, 2.24) is 14.3 Å². The summed E-state index contributed by atoms with van der Waals surface area (Å²) >= 11 is 1.90. The van der Waals surface area contributed by atoms with Crippen LogP contribution in [0.25, 0.3) is 11.4 Å². The summed E-state index contributed by atoms with van der Waals surface area (Å²) in [7, 11) is 1.60. The Labute approximate surface area is 117 Å². The fraction of sp³-hybridized carbons (Fsp3) is 0.167. The van der Waals surface area contributed by atoms with Crippen molar-refractivity contribution in [2.24, 2.45) is 7.05 Å². The third-order valence-electron chi connectivity index (χ3n) is 2.42. The van der Waals surface area contributed by atoms with Crippen LogP contribution < -0.4 is 5.69 Å². The van der Waals surface area contributed by atoms with E-state index >= 15 is 0 Å². The predicted molar refractivity (Wildman–Crippen MR) is 74.7 cm³/mol. The van der Waals surface area contributed by atoms with Crippen LogP contribution in [0.5, 0.6) is 0 Å². The van der Waals surface area contributed by atoms with Crippen molar-refractivity contribution in [3.8, 4) is 21.2 Å². The van der Waals surface area contributed by atoms with Crippen LogP contribution in [-0.2, 0) is 13.6 Å². The molecule has 92 valence electrons. The van der Waals surface area contributed by atoms with E-state index in [2.05, 4.69) is 14.9 Å². The zero-order valence-electron chi connectivity index (χ0n) is 9.52. The van der Waals surface area contributed by atoms with E-state index in [4.69, 9.17) is 0 Å². The van der Waals surface area contributed by atoms with Gasteiger partial charge in [-0.25, -0.2) is 13.9 Å². The van der Waals surface area contributed by atoms with Crippen LogP contribution in [0.1, 0.15) is 0 Å². The topological polar surface area (TPSA) is 39.8 Å². The summed E-state index contributed by atoms with van der Waals surface area (Å²) in [6, 6.07) is 5.98. The van der Waals surface area contributed by atoms with Gasteiger partial charge >= 0.3 is 5.69 Å². The van der Waals surface area contributed by atoms with Gasteiger partial charge < -0.3 is 0 Å². The minimum Gasteiger partial charge on any atom is -0.278 e. The average Bonchev–Trinajstić information content (AvgIpc) is 2.64. The highest BCUT2D eigenvalue weighted by Gasteiger charge is 2.11. The number of hydrogen-bond acceptors (Lipinski definition) is 2. The standard InChI is InChI=1S/C12H9FIN3O/c1-16-11(9-4-2-5-10(13)8-9)15-17(12(16)18)7-3-6-14/h2,4-5,8H,7H2,1H3. The molecule has 0 N–H and O–H groups in total. The van der Waals surface area contributed by atoms with Crippen LogP contribution in [-0.4, -0.2) is 14.3 Å². The highest BCUT2D eigenvalue weighted by atomic mass is 127. The van der Waals surface area contributed by atoms with Gasteiger partial charge in [0.15, 0.2) is 5.82 Å². The lowest BCUT2D eigenvalue weighted by Gasteiger charge is -1.98. The van der Waals surface area contributed by atoms with Gasteiger partial charge in [-0.15, -0.1) is 5.10 Å².